The van der Waals surface area contributed by atoms with Crippen molar-refractivity contribution in [1.29, 1.82) is 10.5 Å². The van der Waals surface area contributed by atoms with Gasteiger partial charge in [0.25, 0.3) is 0 Å². The van der Waals surface area contributed by atoms with Gasteiger partial charge in [0.2, 0.25) is 0 Å². The van der Waals surface area contributed by atoms with E-state index in [1.165, 1.54) is 0 Å². The second-order valence-electron chi connectivity index (χ2n) is 5.82. The zero-order valence-electron chi connectivity index (χ0n) is 13.6. The van der Waals surface area contributed by atoms with Gasteiger partial charge in [-0.1, -0.05) is 30.3 Å². The Bertz CT molecular complexity index is 911. The van der Waals surface area contributed by atoms with Gasteiger partial charge in [-0.05, 0) is 36.6 Å². The van der Waals surface area contributed by atoms with Crippen LogP contribution in [-0.4, -0.2) is 10.7 Å². The zero-order valence-corrected chi connectivity index (χ0v) is 13.6. The molecule has 0 saturated carbocycles. The maximum atomic E-state index is 9.61. The molecule has 0 amide bonds. The highest BCUT2D eigenvalue weighted by Crippen LogP contribution is 2.39. The molecule has 2 aromatic rings. The Hall–Kier alpha value is -3.24. The maximum Gasteiger partial charge on any atom is 0.0973 e. The molecule has 0 aliphatic carbocycles. The third-order valence-corrected chi connectivity index (χ3v) is 4.33. The summed E-state index contributed by atoms with van der Waals surface area (Å²) < 4.78 is 0. The fourth-order valence-corrected chi connectivity index (χ4v) is 3.15. The third kappa shape index (κ3) is 2.71. The molecular weight excluding hydrogens is 296 g/mol. The Labute approximate surface area is 141 Å². The van der Waals surface area contributed by atoms with Crippen molar-refractivity contribution in [1.82, 2.24) is 4.98 Å². The molecular formula is C20H16N4. The molecule has 1 aromatic carbocycles. The molecule has 0 N–H and O–H groups in total. The molecule has 116 valence electrons. The van der Waals surface area contributed by atoms with Crippen LogP contribution in [-0.2, 0) is 0 Å². The molecule has 2 heterocycles. The van der Waals surface area contributed by atoms with Crippen LogP contribution in [0.3, 0.4) is 0 Å². The molecule has 24 heavy (non-hydrogen) atoms. The van der Waals surface area contributed by atoms with E-state index in [1.54, 1.807) is 12.4 Å². The van der Waals surface area contributed by atoms with E-state index in [2.05, 4.69) is 22.1 Å². The number of nitrogens with zero attached hydrogens (tertiary/aromatic N) is 4. The predicted molar refractivity (Wildman–Crippen MR) is 92.9 cm³/mol. The number of hydrogen-bond acceptors (Lipinski definition) is 4. The lowest BCUT2D eigenvalue weighted by Gasteiger charge is -2.27. The largest absolute Gasteiger partial charge is 0.264 e. The number of allylic oxidation sites excluding steroid dienone is 2. The molecule has 1 aliphatic rings. The monoisotopic (exact) mass is 312 g/mol. The van der Waals surface area contributed by atoms with Crippen LogP contribution >= 0.6 is 0 Å². The van der Waals surface area contributed by atoms with Gasteiger partial charge >= 0.3 is 0 Å². The Morgan fingerprint density at radius 3 is 2.50 bits per heavy atom. The molecule has 0 radical (unpaired) electrons. The summed E-state index contributed by atoms with van der Waals surface area (Å²) in [6, 6.07) is 16.4. The van der Waals surface area contributed by atoms with Gasteiger partial charge in [-0.25, -0.2) is 0 Å². The number of benzene rings is 1. The van der Waals surface area contributed by atoms with Gasteiger partial charge in [0.1, 0.15) is 0 Å². The van der Waals surface area contributed by atoms with Crippen LogP contribution in [0.5, 0.6) is 0 Å². The number of nitriles is 2. The first kappa shape index (κ1) is 15.6. The van der Waals surface area contributed by atoms with Crippen molar-refractivity contribution in [2.45, 2.75) is 19.8 Å². The number of pyridine rings is 1. The summed E-state index contributed by atoms with van der Waals surface area (Å²) in [4.78, 5) is 8.54. The molecule has 1 aliphatic heterocycles. The minimum atomic E-state index is -0.424. The molecule has 2 unspecified atom stereocenters. The van der Waals surface area contributed by atoms with Gasteiger partial charge in [0.15, 0.2) is 0 Å². The fourth-order valence-electron chi connectivity index (χ4n) is 3.15. The second-order valence-corrected chi connectivity index (χ2v) is 5.82. The normalized spacial score (nSPS) is 20.1. The summed E-state index contributed by atoms with van der Waals surface area (Å²) in [5.74, 6) is -0.707. The fraction of sp³-hybridized carbons (Fsp3) is 0.200. The van der Waals surface area contributed by atoms with Crippen molar-refractivity contribution in [3.05, 3.63) is 65.6 Å². The van der Waals surface area contributed by atoms with Gasteiger partial charge in [0.05, 0.1) is 29.3 Å². The highest BCUT2D eigenvalue weighted by Gasteiger charge is 2.33. The Morgan fingerprint density at radius 2 is 1.83 bits per heavy atom. The standard InChI is InChI=1S/C20H16N4/c1-13-18(10-21)20(19(11-22)14(2)24-13)16-6-3-5-15(9-16)17-7-4-8-23-12-17/h3-9,12,18,20H,1-2H3. The average Bonchev–Trinajstić information content (AvgIpc) is 2.62. The van der Waals surface area contributed by atoms with Crippen molar-refractivity contribution in [3.8, 4) is 23.3 Å². The lowest BCUT2D eigenvalue weighted by atomic mass is 9.76. The first-order valence-electron chi connectivity index (χ1n) is 7.71. The molecule has 2 atom stereocenters. The summed E-state index contributed by atoms with van der Waals surface area (Å²) in [5, 5.41) is 19.2. The van der Waals surface area contributed by atoms with Crippen LogP contribution in [0.2, 0.25) is 0 Å². The average molecular weight is 312 g/mol. The number of hydrogen-bond donors (Lipinski definition) is 0. The van der Waals surface area contributed by atoms with Crippen LogP contribution in [0.15, 0.2) is 65.1 Å². The quantitative estimate of drug-likeness (QED) is 0.832. The Kier molecular flexibility index (Phi) is 4.22. The number of aliphatic imine (C=N–C) groups is 1. The maximum absolute atomic E-state index is 9.61. The minimum Gasteiger partial charge on any atom is -0.264 e. The minimum absolute atomic E-state index is 0.283. The Morgan fingerprint density at radius 1 is 1.04 bits per heavy atom. The highest BCUT2D eigenvalue weighted by atomic mass is 14.8. The summed E-state index contributed by atoms with van der Waals surface area (Å²) in [6.45, 7) is 3.68. The van der Waals surface area contributed by atoms with Gasteiger partial charge in [-0.15, -0.1) is 0 Å². The lowest BCUT2D eigenvalue weighted by molar-refractivity contribution is 0.704. The summed E-state index contributed by atoms with van der Waals surface area (Å²) in [6.07, 6.45) is 3.54. The summed E-state index contributed by atoms with van der Waals surface area (Å²) in [5.41, 5.74) is 4.99. The van der Waals surface area contributed by atoms with Crippen LogP contribution in [0.4, 0.5) is 0 Å². The van der Waals surface area contributed by atoms with Crippen LogP contribution in [0, 0.1) is 28.6 Å². The molecule has 0 bridgehead atoms. The van der Waals surface area contributed by atoms with Crippen LogP contribution < -0.4 is 0 Å². The van der Waals surface area contributed by atoms with Crippen molar-refractivity contribution in [3.63, 3.8) is 0 Å². The van der Waals surface area contributed by atoms with Gasteiger partial charge in [-0.2, -0.15) is 10.5 Å². The van der Waals surface area contributed by atoms with E-state index in [0.29, 0.717) is 11.3 Å². The van der Waals surface area contributed by atoms with E-state index in [9.17, 15) is 10.5 Å². The molecule has 4 heteroatoms. The zero-order chi connectivity index (χ0) is 17.1. The topological polar surface area (TPSA) is 72.8 Å². The highest BCUT2D eigenvalue weighted by molar-refractivity contribution is 5.90. The van der Waals surface area contributed by atoms with E-state index in [-0.39, 0.29) is 5.92 Å². The summed E-state index contributed by atoms with van der Waals surface area (Å²) >= 11 is 0. The number of rotatable bonds is 2. The van der Waals surface area contributed by atoms with Gasteiger partial charge in [-0.3, -0.25) is 9.98 Å². The molecule has 0 saturated heterocycles. The molecule has 3 rings (SSSR count). The molecule has 1 aromatic heterocycles. The van der Waals surface area contributed by atoms with Crippen molar-refractivity contribution in [2.24, 2.45) is 10.9 Å². The van der Waals surface area contributed by atoms with Crippen molar-refractivity contribution >= 4 is 5.71 Å². The van der Waals surface area contributed by atoms with Crippen molar-refractivity contribution < 1.29 is 0 Å². The Balaban J connectivity index is 2.13. The van der Waals surface area contributed by atoms with E-state index >= 15 is 0 Å². The van der Waals surface area contributed by atoms with E-state index in [0.717, 1.165) is 22.4 Å². The van der Waals surface area contributed by atoms with Gasteiger partial charge in [0, 0.05) is 24.0 Å². The number of aromatic nitrogens is 1. The molecule has 0 fully saturated rings. The van der Waals surface area contributed by atoms with E-state index in [1.807, 2.05) is 50.2 Å². The SMILES string of the molecule is CC1=NC(C)=C(C#N)C(c2cccc(-c3cccnc3)c2)C1C#N. The van der Waals surface area contributed by atoms with E-state index in [4.69, 9.17) is 0 Å². The van der Waals surface area contributed by atoms with E-state index < -0.39 is 5.92 Å². The third-order valence-electron chi connectivity index (χ3n) is 4.33. The molecule has 0 spiro atoms. The lowest BCUT2D eigenvalue weighted by Crippen LogP contribution is -2.24. The predicted octanol–water partition coefficient (Wildman–Crippen LogP) is 4.24. The first-order valence-corrected chi connectivity index (χ1v) is 7.71. The second kappa shape index (κ2) is 6.48. The summed E-state index contributed by atoms with van der Waals surface area (Å²) in [7, 11) is 0. The first-order chi connectivity index (χ1) is 11.7. The van der Waals surface area contributed by atoms with Crippen molar-refractivity contribution in [2.75, 3.05) is 0 Å². The van der Waals surface area contributed by atoms with Crippen LogP contribution in [0.1, 0.15) is 25.3 Å². The van der Waals surface area contributed by atoms with Crippen LogP contribution in [0.25, 0.3) is 11.1 Å². The smallest absolute Gasteiger partial charge is 0.0973 e. The van der Waals surface area contributed by atoms with Gasteiger partial charge < -0.3 is 0 Å². The molecule has 4 nitrogen and oxygen atoms in total.